The van der Waals surface area contributed by atoms with Crippen molar-refractivity contribution >= 4 is 39.1 Å². The number of nitrogens with zero attached hydrogens (tertiary/aromatic N) is 2. The third-order valence-corrected chi connectivity index (χ3v) is 8.25. The van der Waals surface area contributed by atoms with E-state index in [0.717, 1.165) is 45.5 Å². The minimum absolute atomic E-state index is 0.0466. The Labute approximate surface area is 230 Å². The summed E-state index contributed by atoms with van der Waals surface area (Å²) in [6, 6.07) is 22.5. The summed E-state index contributed by atoms with van der Waals surface area (Å²) in [6.07, 6.45) is 6.51. The van der Waals surface area contributed by atoms with Gasteiger partial charge in [0, 0.05) is 36.5 Å². The van der Waals surface area contributed by atoms with Gasteiger partial charge in [-0.05, 0) is 66.5 Å². The van der Waals surface area contributed by atoms with E-state index in [4.69, 9.17) is 5.73 Å². The van der Waals surface area contributed by atoms with Gasteiger partial charge < -0.3 is 11.1 Å². The second-order valence-electron chi connectivity index (χ2n) is 11.0. The Balaban J connectivity index is 1.34. The number of nitrogens with two attached hydrogens (primary N) is 1. The van der Waals surface area contributed by atoms with E-state index in [0.29, 0.717) is 43.7 Å². The van der Waals surface area contributed by atoms with Gasteiger partial charge in [0.2, 0.25) is 5.91 Å². The predicted molar refractivity (Wildman–Crippen MR) is 159 cm³/mol. The lowest BCUT2D eigenvalue weighted by atomic mass is 9.94. The van der Waals surface area contributed by atoms with E-state index in [-0.39, 0.29) is 11.7 Å². The fraction of sp³-hybridized carbons (Fsp3) is 0.364. The molecule has 39 heavy (non-hydrogen) atoms. The molecule has 1 saturated heterocycles. The molecule has 2 heterocycles. The molecule has 0 saturated carbocycles. The minimum Gasteiger partial charge on any atom is -0.383 e. The molecule has 1 aromatic heterocycles. The topological polar surface area (TPSA) is 88.3 Å². The first-order chi connectivity index (χ1) is 18.9. The van der Waals surface area contributed by atoms with Crippen LogP contribution in [0.4, 0.5) is 5.82 Å². The van der Waals surface area contributed by atoms with Gasteiger partial charge in [0.05, 0.1) is 12.6 Å². The quantitative estimate of drug-likeness (QED) is 0.305. The summed E-state index contributed by atoms with van der Waals surface area (Å²) >= 11 is 0. The molecule has 3 atom stereocenters. The molecular formula is C33H38N4O2. The molecule has 0 radical (unpaired) electrons. The zero-order valence-electron chi connectivity index (χ0n) is 22.9. The number of Topliss-reactive ketones (excluding diaryl/α,β-unsaturated/α-hetero) is 1. The molecule has 0 aliphatic carbocycles. The maximum Gasteiger partial charge on any atom is 0.234 e. The molecule has 5 rings (SSSR count). The minimum atomic E-state index is -0.584. The first-order valence-electron chi connectivity index (χ1n) is 14.1. The zero-order valence-corrected chi connectivity index (χ0v) is 22.9. The van der Waals surface area contributed by atoms with Gasteiger partial charge in [0.1, 0.15) is 5.82 Å². The van der Waals surface area contributed by atoms with Crippen LogP contribution >= 0.6 is 0 Å². The van der Waals surface area contributed by atoms with Crippen LogP contribution in [0.5, 0.6) is 0 Å². The number of pyridine rings is 1. The van der Waals surface area contributed by atoms with E-state index >= 15 is 0 Å². The number of benzene rings is 3. The largest absolute Gasteiger partial charge is 0.383 e. The molecule has 2 unspecified atom stereocenters. The van der Waals surface area contributed by atoms with Crippen molar-refractivity contribution in [2.45, 2.75) is 70.5 Å². The normalized spacial score (nSPS) is 18.7. The zero-order chi connectivity index (χ0) is 27.4. The summed E-state index contributed by atoms with van der Waals surface area (Å²) in [5.74, 6) is 0.471. The number of ketones is 1. The van der Waals surface area contributed by atoms with Crippen molar-refractivity contribution in [3.05, 3.63) is 84.1 Å². The van der Waals surface area contributed by atoms with Crippen molar-refractivity contribution in [3.63, 3.8) is 0 Å². The fourth-order valence-corrected chi connectivity index (χ4v) is 5.98. The number of hydrogen-bond acceptors (Lipinski definition) is 5. The van der Waals surface area contributed by atoms with Gasteiger partial charge in [-0.25, -0.2) is 4.98 Å². The number of anilines is 1. The average molecular weight is 523 g/mol. The molecule has 1 aliphatic heterocycles. The van der Waals surface area contributed by atoms with E-state index in [9.17, 15) is 9.59 Å². The van der Waals surface area contributed by atoms with E-state index in [1.807, 2.05) is 36.4 Å². The van der Waals surface area contributed by atoms with Crippen molar-refractivity contribution in [3.8, 4) is 0 Å². The van der Waals surface area contributed by atoms with Crippen LogP contribution in [0.3, 0.4) is 0 Å². The molecule has 1 amide bonds. The lowest BCUT2D eigenvalue weighted by Crippen LogP contribution is -2.51. The van der Waals surface area contributed by atoms with E-state index in [1.54, 1.807) is 6.20 Å². The number of hydrogen-bond donors (Lipinski definition) is 2. The van der Waals surface area contributed by atoms with Crippen molar-refractivity contribution < 1.29 is 9.59 Å². The standard InChI is InChI=1S/C33H38N4O2/c1-22-7-5-8-23(2)37(22)21-32(39)36-30(20-26-11-6-10-25-9-3-4-12-28(25)26)31(38)16-14-24-13-15-29-27(19-24)17-18-35-33(29)34/h3-4,6,9-13,15,17-19,22-23,30H,5,7-8,14,16,20-21H2,1-2H3,(H2,34,35)(H,36,39)/t22?,23?,30-/m0/s1. The number of nitrogens with one attached hydrogen (secondary N) is 1. The molecule has 3 aromatic carbocycles. The van der Waals surface area contributed by atoms with Crippen LogP contribution in [-0.4, -0.2) is 46.2 Å². The van der Waals surface area contributed by atoms with Crippen molar-refractivity contribution in [2.24, 2.45) is 0 Å². The molecule has 3 N–H and O–H groups in total. The van der Waals surface area contributed by atoms with Gasteiger partial charge in [-0.3, -0.25) is 14.5 Å². The van der Waals surface area contributed by atoms with Gasteiger partial charge >= 0.3 is 0 Å². The van der Waals surface area contributed by atoms with Gasteiger partial charge in [-0.15, -0.1) is 0 Å². The third kappa shape index (κ3) is 6.28. The molecule has 202 valence electrons. The number of aromatic nitrogens is 1. The predicted octanol–water partition coefficient (Wildman–Crippen LogP) is 5.46. The van der Waals surface area contributed by atoms with Crippen LogP contribution in [0.2, 0.25) is 0 Å². The van der Waals surface area contributed by atoms with Gasteiger partial charge in [0.25, 0.3) is 0 Å². The molecule has 4 aromatic rings. The van der Waals surface area contributed by atoms with Crippen LogP contribution in [0.1, 0.15) is 50.7 Å². The third-order valence-electron chi connectivity index (χ3n) is 8.25. The molecule has 1 fully saturated rings. The van der Waals surface area contributed by atoms with Gasteiger partial charge in [-0.2, -0.15) is 0 Å². The summed E-state index contributed by atoms with van der Waals surface area (Å²) in [7, 11) is 0. The second kappa shape index (κ2) is 12.0. The Kier molecular flexibility index (Phi) is 8.22. The lowest BCUT2D eigenvalue weighted by molar-refractivity contribution is -0.129. The number of carbonyl (C=O) groups is 2. The maximum absolute atomic E-state index is 13.7. The summed E-state index contributed by atoms with van der Waals surface area (Å²) in [4.78, 5) is 33.4. The number of nitrogen functional groups attached to an aromatic ring is 1. The molecule has 1 aliphatic rings. The Morgan fingerprint density at radius 3 is 2.56 bits per heavy atom. The summed E-state index contributed by atoms with van der Waals surface area (Å²) in [5.41, 5.74) is 8.13. The number of rotatable bonds is 9. The lowest BCUT2D eigenvalue weighted by Gasteiger charge is -2.38. The monoisotopic (exact) mass is 522 g/mol. The van der Waals surface area contributed by atoms with Crippen LogP contribution in [0, 0.1) is 0 Å². The maximum atomic E-state index is 13.7. The summed E-state index contributed by atoms with van der Waals surface area (Å²) in [5, 5.41) is 7.31. The highest BCUT2D eigenvalue weighted by molar-refractivity contribution is 5.93. The fourth-order valence-electron chi connectivity index (χ4n) is 5.98. The number of amides is 1. The molecule has 6 heteroatoms. The van der Waals surface area contributed by atoms with Gasteiger partial charge in [-0.1, -0.05) is 67.1 Å². The van der Waals surface area contributed by atoms with Gasteiger partial charge in [0.15, 0.2) is 5.78 Å². The number of likely N-dealkylation sites (tertiary alicyclic amines) is 1. The first kappa shape index (κ1) is 26.8. The Morgan fingerprint density at radius 2 is 1.74 bits per heavy atom. The SMILES string of the molecule is CC1CCCC(C)N1CC(=O)N[C@@H](Cc1cccc2ccccc12)C(=O)CCc1ccc2c(N)nccc2c1. The number of piperidine rings is 1. The summed E-state index contributed by atoms with van der Waals surface area (Å²) < 4.78 is 0. The molecule has 6 nitrogen and oxygen atoms in total. The van der Waals surface area contributed by atoms with Crippen LogP contribution in [-0.2, 0) is 22.4 Å². The van der Waals surface area contributed by atoms with E-state index in [2.05, 4.69) is 59.4 Å². The average Bonchev–Trinajstić information content (AvgIpc) is 2.93. The van der Waals surface area contributed by atoms with Crippen molar-refractivity contribution in [1.82, 2.24) is 15.2 Å². The highest BCUT2D eigenvalue weighted by Gasteiger charge is 2.28. The second-order valence-corrected chi connectivity index (χ2v) is 11.0. The number of aryl methyl sites for hydroxylation is 1. The molecule has 0 spiro atoms. The van der Waals surface area contributed by atoms with Crippen molar-refractivity contribution in [1.29, 1.82) is 0 Å². The Hall–Kier alpha value is -3.77. The smallest absolute Gasteiger partial charge is 0.234 e. The number of carbonyl (C=O) groups excluding carboxylic acids is 2. The van der Waals surface area contributed by atoms with E-state index in [1.165, 1.54) is 6.42 Å². The van der Waals surface area contributed by atoms with Crippen LogP contribution < -0.4 is 11.1 Å². The Bertz CT molecular complexity index is 1470. The van der Waals surface area contributed by atoms with Crippen LogP contribution in [0.15, 0.2) is 72.9 Å². The van der Waals surface area contributed by atoms with Crippen LogP contribution in [0.25, 0.3) is 21.5 Å². The Morgan fingerprint density at radius 1 is 0.974 bits per heavy atom. The highest BCUT2D eigenvalue weighted by Crippen LogP contribution is 2.24. The van der Waals surface area contributed by atoms with E-state index < -0.39 is 6.04 Å². The molecular weight excluding hydrogens is 484 g/mol. The summed E-state index contributed by atoms with van der Waals surface area (Å²) in [6.45, 7) is 4.70. The molecule has 0 bridgehead atoms. The first-order valence-corrected chi connectivity index (χ1v) is 14.1. The van der Waals surface area contributed by atoms with Crippen molar-refractivity contribution in [2.75, 3.05) is 12.3 Å². The number of fused-ring (bicyclic) bond motifs is 2. The highest BCUT2D eigenvalue weighted by atomic mass is 16.2.